The van der Waals surface area contributed by atoms with E-state index in [1.54, 1.807) is 0 Å². The molecule has 1 aromatic carbocycles. The van der Waals surface area contributed by atoms with Crippen LogP contribution in [-0.2, 0) is 14.8 Å². The van der Waals surface area contributed by atoms with Crippen molar-refractivity contribution in [2.45, 2.75) is 4.90 Å². The van der Waals surface area contributed by atoms with Crippen molar-refractivity contribution in [2.24, 2.45) is 0 Å². The molecule has 0 aliphatic carbocycles. The highest BCUT2D eigenvalue weighted by atomic mass is 79.9. The van der Waals surface area contributed by atoms with E-state index in [2.05, 4.69) is 25.4 Å². The molecule has 0 saturated heterocycles. The van der Waals surface area contributed by atoms with E-state index in [0.29, 0.717) is 0 Å². The third kappa shape index (κ3) is 3.80. The van der Waals surface area contributed by atoms with Gasteiger partial charge in [-0.25, -0.2) is 13.2 Å². The molecule has 0 radical (unpaired) electrons. The van der Waals surface area contributed by atoms with Crippen molar-refractivity contribution in [1.29, 1.82) is 0 Å². The molecule has 2 rings (SSSR count). The molecule has 11 heteroatoms. The first-order valence-corrected chi connectivity index (χ1v) is 9.98. The Hall–Kier alpha value is -1.000. The molecule has 0 saturated carbocycles. The average molecular weight is 475 g/mol. The maximum Gasteiger partial charge on any atom is 0.337 e. The molecule has 0 unspecified atom stereocenters. The number of esters is 1. The number of hydrogen-bond donors (Lipinski definition) is 1. The average Bonchev–Trinajstić information content (AvgIpc) is 2.79. The van der Waals surface area contributed by atoms with Crippen LogP contribution < -0.4 is 9.46 Å². The summed E-state index contributed by atoms with van der Waals surface area (Å²) in [6, 6.07) is 4.20. The third-order valence-corrected chi connectivity index (χ3v) is 7.69. The van der Waals surface area contributed by atoms with Crippen LogP contribution >= 0.6 is 50.5 Å². The number of hydrogen-bond acceptors (Lipinski definition) is 6. The van der Waals surface area contributed by atoms with E-state index in [1.807, 2.05) is 0 Å². The number of methoxy groups -OCH3 is 2. The second kappa shape index (κ2) is 7.49. The number of sulfonamides is 1. The Morgan fingerprint density at radius 3 is 2.42 bits per heavy atom. The molecular formula is C13H10BrCl2NO5S2. The lowest BCUT2D eigenvalue weighted by Crippen LogP contribution is -2.14. The normalized spacial score (nSPS) is 11.2. The molecule has 0 amide bonds. The van der Waals surface area contributed by atoms with Crippen LogP contribution in [0.4, 0.5) is 5.69 Å². The van der Waals surface area contributed by atoms with E-state index in [1.165, 1.54) is 32.4 Å². The first-order chi connectivity index (χ1) is 11.2. The molecule has 2 aromatic rings. The molecule has 130 valence electrons. The molecule has 1 N–H and O–H groups in total. The fraction of sp³-hybridized carbons (Fsp3) is 0.154. The smallest absolute Gasteiger partial charge is 0.337 e. The van der Waals surface area contributed by atoms with Gasteiger partial charge in [-0.3, -0.25) is 4.72 Å². The summed E-state index contributed by atoms with van der Waals surface area (Å²) in [6.45, 7) is 0. The number of ether oxygens (including phenoxy) is 2. The first kappa shape index (κ1) is 19.3. The van der Waals surface area contributed by atoms with Gasteiger partial charge in [-0.15, -0.1) is 11.3 Å². The Morgan fingerprint density at radius 1 is 1.25 bits per heavy atom. The fourth-order valence-corrected chi connectivity index (χ4v) is 6.42. The number of halogens is 3. The highest BCUT2D eigenvalue weighted by Gasteiger charge is 2.27. The maximum atomic E-state index is 12.6. The van der Waals surface area contributed by atoms with E-state index in [9.17, 15) is 13.2 Å². The van der Waals surface area contributed by atoms with Crippen LogP contribution in [0.2, 0.25) is 8.67 Å². The van der Waals surface area contributed by atoms with E-state index in [0.717, 1.165) is 11.3 Å². The zero-order chi connectivity index (χ0) is 18.1. The van der Waals surface area contributed by atoms with Crippen LogP contribution in [-0.4, -0.2) is 28.6 Å². The molecule has 0 fully saturated rings. The number of nitrogens with one attached hydrogen (secondary N) is 1. The van der Waals surface area contributed by atoms with Gasteiger partial charge in [0.2, 0.25) is 0 Å². The van der Waals surface area contributed by atoms with Crippen molar-refractivity contribution < 1.29 is 22.7 Å². The fourth-order valence-electron chi connectivity index (χ4n) is 1.80. The van der Waals surface area contributed by atoms with Crippen molar-refractivity contribution in [3.63, 3.8) is 0 Å². The molecule has 1 aromatic heterocycles. The molecule has 0 spiro atoms. The van der Waals surface area contributed by atoms with Gasteiger partial charge in [0.1, 0.15) is 19.3 Å². The molecule has 24 heavy (non-hydrogen) atoms. The predicted octanol–water partition coefficient (Wildman–Crippen LogP) is 4.41. The molecule has 1 heterocycles. The van der Waals surface area contributed by atoms with Gasteiger partial charge >= 0.3 is 5.97 Å². The lowest BCUT2D eigenvalue weighted by Gasteiger charge is -2.13. The van der Waals surface area contributed by atoms with Gasteiger partial charge < -0.3 is 9.47 Å². The molecule has 0 atom stereocenters. The number of thiophene rings is 1. The van der Waals surface area contributed by atoms with Crippen LogP contribution in [0.3, 0.4) is 0 Å². The number of benzene rings is 1. The minimum absolute atomic E-state index is 0.00228. The van der Waals surface area contributed by atoms with Gasteiger partial charge in [-0.2, -0.15) is 0 Å². The van der Waals surface area contributed by atoms with Crippen molar-refractivity contribution in [2.75, 3.05) is 18.9 Å². The monoisotopic (exact) mass is 473 g/mol. The van der Waals surface area contributed by atoms with Crippen molar-refractivity contribution >= 4 is 72.1 Å². The summed E-state index contributed by atoms with van der Waals surface area (Å²) in [5.74, 6) is -0.393. The lowest BCUT2D eigenvalue weighted by atomic mass is 10.2. The molecule has 6 nitrogen and oxygen atoms in total. The summed E-state index contributed by atoms with van der Waals surface area (Å²) in [4.78, 5) is 11.4. The van der Waals surface area contributed by atoms with Crippen LogP contribution in [0.25, 0.3) is 0 Å². The summed E-state index contributed by atoms with van der Waals surface area (Å²) in [5.41, 5.74) is 0.218. The van der Waals surface area contributed by atoms with Crippen molar-refractivity contribution in [1.82, 2.24) is 0 Å². The van der Waals surface area contributed by atoms with Gasteiger partial charge in [-0.1, -0.05) is 23.2 Å². The van der Waals surface area contributed by atoms with E-state index >= 15 is 0 Å². The molecule has 0 aliphatic heterocycles. The number of rotatable bonds is 5. The van der Waals surface area contributed by atoms with Crippen LogP contribution in [0.5, 0.6) is 5.75 Å². The van der Waals surface area contributed by atoms with Crippen LogP contribution in [0.1, 0.15) is 10.4 Å². The molecule has 0 aliphatic rings. The Morgan fingerprint density at radius 2 is 1.92 bits per heavy atom. The Kier molecular flexibility index (Phi) is 6.03. The van der Waals surface area contributed by atoms with Crippen LogP contribution in [0.15, 0.2) is 27.6 Å². The standard InChI is InChI=1S/C13H10BrCl2NO5S2/c1-21-8-4-3-6(13(18)22-2)5-7(8)17-24(19,20)10-9(14)11(15)23-12(10)16/h3-5,17H,1-2H3. The minimum Gasteiger partial charge on any atom is -0.495 e. The Balaban J connectivity index is 2.51. The topological polar surface area (TPSA) is 81.7 Å². The highest BCUT2D eigenvalue weighted by Crippen LogP contribution is 2.43. The SMILES string of the molecule is COC(=O)c1ccc(OC)c(NS(=O)(=O)c2c(Cl)sc(Cl)c2Br)c1. The summed E-state index contributed by atoms with van der Waals surface area (Å²) >= 11 is 15.9. The van der Waals surface area contributed by atoms with Crippen molar-refractivity contribution in [3.05, 3.63) is 36.9 Å². The lowest BCUT2D eigenvalue weighted by molar-refractivity contribution is 0.0600. The maximum absolute atomic E-state index is 12.6. The number of carbonyl (C=O) groups excluding carboxylic acids is 1. The Labute approximate surface area is 160 Å². The molecular weight excluding hydrogens is 465 g/mol. The van der Waals surface area contributed by atoms with E-state index in [4.69, 9.17) is 27.9 Å². The quantitative estimate of drug-likeness (QED) is 0.649. The summed E-state index contributed by atoms with van der Waals surface area (Å²) in [5, 5.41) is 0. The zero-order valence-corrected chi connectivity index (χ0v) is 17.0. The van der Waals surface area contributed by atoms with Gasteiger partial charge in [-0.05, 0) is 34.1 Å². The van der Waals surface area contributed by atoms with Gasteiger partial charge in [0.25, 0.3) is 10.0 Å². The predicted molar refractivity (Wildman–Crippen MR) is 97.2 cm³/mol. The third-order valence-electron chi connectivity index (χ3n) is 2.86. The Bertz CT molecular complexity index is 898. The second-order valence-electron chi connectivity index (χ2n) is 4.30. The van der Waals surface area contributed by atoms with Gasteiger partial charge in [0.15, 0.2) is 0 Å². The largest absolute Gasteiger partial charge is 0.495 e. The summed E-state index contributed by atoms with van der Waals surface area (Å²) in [7, 11) is -1.48. The second-order valence-corrected chi connectivity index (χ2v) is 8.94. The van der Waals surface area contributed by atoms with Crippen molar-refractivity contribution in [3.8, 4) is 5.75 Å². The van der Waals surface area contributed by atoms with Gasteiger partial charge in [0.05, 0.1) is 29.9 Å². The van der Waals surface area contributed by atoms with E-state index < -0.39 is 16.0 Å². The molecule has 0 bridgehead atoms. The number of carbonyl (C=O) groups is 1. The summed E-state index contributed by atoms with van der Waals surface area (Å²) in [6.07, 6.45) is 0. The summed E-state index contributed by atoms with van der Waals surface area (Å²) < 4.78 is 37.7. The van der Waals surface area contributed by atoms with E-state index in [-0.39, 0.29) is 35.0 Å². The highest BCUT2D eigenvalue weighted by molar-refractivity contribution is 9.10. The first-order valence-electron chi connectivity index (χ1n) is 6.13. The minimum atomic E-state index is -4.07. The number of anilines is 1. The zero-order valence-electron chi connectivity index (χ0n) is 12.2. The van der Waals surface area contributed by atoms with Crippen LogP contribution in [0, 0.1) is 0 Å². The van der Waals surface area contributed by atoms with Gasteiger partial charge in [0, 0.05) is 0 Å².